The zero-order valence-electron chi connectivity index (χ0n) is 17.8. The lowest BCUT2D eigenvalue weighted by atomic mass is 9.73. The van der Waals surface area contributed by atoms with Gasteiger partial charge in [-0.25, -0.2) is 0 Å². The van der Waals surface area contributed by atoms with Crippen molar-refractivity contribution in [2.75, 3.05) is 13.2 Å². The van der Waals surface area contributed by atoms with Gasteiger partial charge in [0.15, 0.2) is 0 Å². The molecule has 8 heteroatoms. The fourth-order valence-corrected chi connectivity index (χ4v) is 3.78. The Kier molecular flexibility index (Phi) is 7.12. The molecule has 0 amide bonds. The first-order valence-corrected chi connectivity index (χ1v) is 9.78. The first-order chi connectivity index (χ1) is 13.9. The number of hydrogen-bond donors (Lipinski definition) is 2. The summed E-state index contributed by atoms with van der Waals surface area (Å²) in [6.07, 6.45) is 3.87. The molecule has 0 bridgehead atoms. The van der Waals surface area contributed by atoms with Gasteiger partial charge >= 0.3 is 5.97 Å². The molecule has 0 saturated heterocycles. The first kappa shape index (κ1) is 23.3. The second-order valence-corrected chi connectivity index (χ2v) is 8.28. The van der Waals surface area contributed by atoms with Crippen molar-refractivity contribution < 1.29 is 29.7 Å². The molecule has 2 N–H and O–H groups in total. The molecule has 0 aliphatic heterocycles. The molecular weight excluding hydrogens is 390 g/mol. The van der Waals surface area contributed by atoms with Crippen LogP contribution in [0.3, 0.4) is 0 Å². The van der Waals surface area contributed by atoms with Crippen LogP contribution in [0.2, 0.25) is 0 Å². The molecule has 0 fully saturated rings. The summed E-state index contributed by atoms with van der Waals surface area (Å²) in [5.74, 6) is -0.987. The van der Waals surface area contributed by atoms with Crippen LogP contribution < -0.4 is 0 Å². The normalized spacial score (nSPS) is 19.0. The Balaban J connectivity index is 2.30. The van der Waals surface area contributed by atoms with E-state index in [4.69, 9.17) is 4.74 Å². The minimum absolute atomic E-state index is 0.0934. The van der Waals surface area contributed by atoms with Crippen LogP contribution in [0.25, 0.3) is 0 Å². The highest BCUT2D eigenvalue weighted by molar-refractivity contribution is 5.82. The fraction of sp³-hybridized carbons (Fsp3) is 0.500. The Bertz CT molecular complexity index is 849. The molecule has 0 unspecified atom stereocenters. The minimum atomic E-state index is -1.20. The highest BCUT2D eigenvalue weighted by Gasteiger charge is 2.35. The van der Waals surface area contributed by atoms with Gasteiger partial charge in [0.25, 0.3) is 5.09 Å². The van der Waals surface area contributed by atoms with E-state index in [1.54, 1.807) is 13.8 Å². The zero-order chi connectivity index (χ0) is 22.6. The minimum Gasteiger partial charge on any atom is -0.507 e. The number of phenolic OH excluding ortho intramolecular Hbond substituents is 2. The predicted octanol–water partition coefficient (Wildman–Crippen LogP) is 4.14. The number of ether oxygens (including phenoxy) is 1. The highest BCUT2D eigenvalue weighted by atomic mass is 17.0. The number of rotatable bonds is 8. The van der Waals surface area contributed by atoms with Crippen molar-refractivity contribution in [3.05, 3.63) is 57.2 Å². The van der Waals surface area contributed by atoms with E-state index in [1.165, 1.54) is 17.7 Å². The van der Waals surface area contributed by atoms with Crippen molar-refractivity contribution in [3.8, 4) is 11.5 Å². The summed E-state index contributed by atoms with van der Waals surface area (Å²) in [5, 5.41) is 30.7. The van der Waals surface area contributed by atoms with Crippen molar-refractivity contribution in [2.45, 2.75) is 51.9 Å². The quantitative estimate of drug-likeness (QED) is 0.214. The van der Waals surface area contributed by atoms with Gasteiger partial charge in [-0.05, 0) is 64.2 Å². The summed E-state index contributed by atoms with van der Waals surface area (Å²) in [6, 6.07) is 2.91. The molecule has 1 aliphatic carbocycles. The summed E-state index contributed by atoms with van der Waals surface area (Å²) in [6.45, 7) is 10.5. The van der Waals surface area contributed by atoms with Gasteiger partial charge in [-0.1, -0.05) is 23.8 Å². The standard InChI is InChI=1S/C22H29NO7/c1-13(2)16-7-6-14(3)10-17(16)20-18(24)11-15(12-19(20)25)22(4,5)21(26)29-8-9-30-23(27)28/h10-12,16-17,24-25H,1,6-9H2,2-5H3/t16-,17+/m0/s1. The van der Waals surface area contributed by atoms with Gasteiger partial charge in [-0.3, -0.25) is 4.79 Å². The third-order valence-electron chi connectivity index (χ3n) is 5.60. The highest BCUT2D eigenvalue weighted by Crippen LogP contribution is 2.47. The number of aromatic hydroxyl groups is 2. The molecule has 2 atom stereocenters. The van der Waals surface area contributed by atoms with Crippen molar-refractivity contribution >= 4 is 5.97 Å². The number of carbonyl (C=O) groups is 1. The number of carbonyl (C=O) groups excluding carboxylic acids is 1. The Morgan fingerprint density at radius 1 is 1.30 bits per heavy atom. The summed E-state index contributed by atoms with van der Waals surface area (Å²) in [4.78, 5) is 26.8. The van der Waals surface area contributed by atoms with Crippen LogP contribution in [0.1, 0.15) is 57.6 Å². The van der Waals surface area contributed by atoms with Gasteiger partial charge in [-0.2, -0.15) is 0 Å². The maximum atomic E-state index is 12.5. The molecule has 0 spiro atoms. The maximum Gasteiger partial charge on any atom is 0.316 e. The lowest BCUT2D eigenvalue weighted by Gasteiger charge is -2.32. The molecule has 0 radical (unpaired) electrons. The summed E-state index contributed by atoms with van der Waals surface area (Å²) >= 11 is 0. The van der Waals surface area contributed by atoms with E-state index in [0.29, 0.717) is 11.1 Å². The van der Waals surface area contributed by atoms with Crippen LogP contribution >= 0.6 is 0 Å². The Hall–Kier alpha value is -3.03. The summed E-state index contributed by atoms with van der Waals surface area (Å²) in [5.41, 5.74) is 1.74. The van der Waals surface area contributed by atoms with Crippen LogP contribution in [0.5, 0.6) is 11.5 Å². The number of phenols is 2. The van der Waals surface area contributed by atoms with Gasteiger partial charge in [0, 0.05) is 11.5 Å². The van der Waals surface area contributed by atoms with E-state index >= 15 is 0 Å². The van der Waals surface area contributed by atoms with Gasteiger partial charge in [0.1, 0.15) is 24.7 Å². The molecule has 1 aliphatic rings. The first-order valence-electron chi connectivity index (χ1n) is 9.78. The topological polar surface area (TPSA) is 119 Å². The van der Waals surface area contributed by atoms with E-state index in [-0.39, 0.29) is 36.5 Å². The van der Waals surface area contributed by atoms with Gasteiger partial charge in [0.05, 0.1) is 5.41 Å². The maximum absolute atomic E-state index is 12.5. The molecule has 164 valence electrons. The second-order valence-electron chi connectivity index (χ2n) is 8.28. The average molecular weight is 419 g/mol. The Labute approximate surface area is 175 Å². The predicted molar refractivity (Wildman–Crippen MR) is 111 cm³/mol. The molecule has 30 heavy (non-hydrogen) atoms. The van der Waals surface area contributed by atoms with Gasteiger partial charge in [-0.15, -0.1) is 10.1 Å². The molecular formula is C22H29NO7. The lowest BCUT2D eigenvalue weighted by Crippen LogP contribution is -2.32. The molecule has 8 nitrogen and oxygen atoms in total. The zero-order valence-corrected chi connectivity index (χ0v) is 17.8. The molecule has 0 aromatic heterocycles. The molecule has 2 rings (SSSR count). The second kappa shape index (κ2) is 9.19. The molecule has 1 aromatic carbocycles. The van der Waals surface area contributed by atoms with Crippen molar-refractivity contribution in [3.63, 3.8) is 0 Å². The van der Waals surface area contributed by atoms with Crippen LogP contribution in [-0.4, -0.2) is 34.5 Å². The fourth-order valence-electron chi connectivity index (χ4n) is 3.78. The van der Waals surface area contributed by atoms with E-state index < -0.39 is 16.5 Å². The van der Waals surface area contributed by atoms with Crippen molar-refractivity contribution in [2.24, 2.45) is 5.92 Å². The average Bonchev–Trinajstić information content (AvgIpc) is 2.64. The number of benzene rings is 1. The lowest BCUT2D eigenvalue weighted by molar-refractivity contribution is -0.757. The number of esters is 1. The number of allylic oxidation sites excluding steroid dienone is 3. The monoisotopic (exact) mass is 419 g/mol. The number of nitrogens with zero attached hydrogens (tertiary/aromatic N) is 1. The van der Waals surface area contributed by atoms with Crippen molar-refractivity contribution in [1.82, 2.24) is 0 Å². The van der Waals surface area contributed by atoms with Crippen LogP contribution in [0.15, 0.2) is 35.9 Å². The third kappa shape index (κ3) is 5.11. The van der Waals surface area contributed by atoms with Crippen LogP contribution in [0.4, 0.5) is 0 Å². The van der Waals surface area contributed by atoms with Gasteiger partial charge < -0.3 is 19.8 Å². The van der Waals surface area contributed by atoms with Crippen LogP contribution in [-0.2, 0) is 19.8 Å². The molecule has 1 aromatic rings. The van der Waals surface area contributed by atoms with E-state index in [9.17, 15) is 25.1 Å². The van der Waals surface area contributed by atoms with Crippen molar-refractivity contribution in [1.29, 1.82) is 0 Å². The van der Waals surface area contributed by atoms with E-state index in [1.807, 2.05) is 19.9 Å². The third-order valence-corrected chi connectivity index (χ3v) is 5.60. The van der Waals surface area contributed by atoms with Gasteiger partial charge in [0.2, 0.25) is 0 Å². The van der Waals surface area contributed by atoms with E-state index in [0.717, 1.165) is 18.4 Å². The number of hydrogen-bond acceptors (Lipinski definition) is 7. The summed E-state index contributed by atoms with van der Waals surface area (Å²) < 4.78 is 5.05. The Morgan fingerprint density at radius 2 is 1.90 bits per heavy atom. The summed E-state index contributed by atoms with van der Waals surface area (Å²) in [7, 11) is 0. The largest absolute Gasteiger partial charge is 0.507 e. The smallest absolute Gasteiger partial charge is 0.316 e. The molecule has 0 saturated carbocycles. The van der Waals surface area contributed by atoms with E-state index in [2.05, 4.69) is 11.4 Å². The van der Waals surface area contributed by atoms with Crippen LogP contribution in [0, 0.1) is 16.0 Å². The Morgan fingerprint density at radius 3 is 2.43 bits per heavy atom. The molecule has 0 heterocycles. The SMILES string of the molecule is C=C(C)[C@@H]1CCC(C)=C[C@H]1c1c(O)cc(C(C)(C)C(=O)OCCO[N+](=O)[O-])cc1O.